The first-order chi connectivity index (χ1) is 9.89. The van der Waals surface area contributed by atoms with Crippen molar-refractivity contribution in [1.82, 2.24) is 9.97 Å². The maximum Gasteiger partial charge on any atom is 0.240 e. The maximum absolute atomic E-state index is 12.9. The minimum absolute atomic E-state index is 0. The Morgan fingerprint density at radius 2 is 1.59 bits per heavy atom. The Balaban J connectivity index is 0.00000176. The molecule has 0 spiro atoms. The van der Waals surface area contributed by atoms with E-state index < -0.39 is 9.84 Å². The van der Waals surface area contributed by atoms with Crippen LogP contribution in [0, 0.1) is 20.8 Å². The van der Waals surface area contributed by atoms with E-state index in [1.807, 2.05) is 51.1 Å². The normalized spacial score (nSPS) is 11.4. The number of nitrogens with one attached hydrogen (secondary N) is 1. The molecule has 0 atom stereocenters. The number of sulfone groups is 1. The number of aromatic amines is 1. The largest absolute Gasteiger partial charge is 1.00 e. The Labute approximate surface area is 135 Å². The molecule has 0 fully saturated rings. The van der Waals surface area contributed by atoms with E-state index in [4.69, 9.17) is 0 Å². The van der Waals surface area contributed by atoms with Gasteiger partial charge in [-0.3, -0.25) is 0 Å². The van der Waals surface area contributed by atoms with E-state index in [9.17, 15) is 8.42 Å². The van der Waals surface area contributed by atoms with Gasteiger partial charge in [-0.1, -0.05) is 29.8 Å². The highest BCUT2D eigenvalue weighted by molar-refractivity contribution is 7.91. The average Bonchev–Trinajstić information content (AvgIpc) is 2.81. The first-order valence-electron chi connectivity index (χ1n) is 6.67. The van der Waals surface area contributed by atoms with E-state index in [2.05, 4.69) is 9.97 Å². The highest BCUT2D eigenvalue weighted by atomic mass is 35.5. The van der Waals surface area contributed by atoms with Gasteiger partial charge in [0.2, 0.25) is 15.0 Å². The van der Waals surface area contributed by atoms with Crippen LogP contribution in [0.4, 0.5) is 0 Å². The van der Waals surface area contributed by atoms with E-state index in [0.717, 1.165) is 22.2 Å². The molecule has 22 heavy (non-hydrogen) atoms. The second kappa shape index (κ2) is 5.74. The van der Waals surface area contributed by atoms with Crippen molar-refractivity contribution in [2.45, 2.75) is 30.8 Å². The fourth-order valence-corrected chi connectivity index (χ4v) is 4.37. The molecule has 0 saturated carbocycles. The van der Waals surface area contributed by atoms with Gasteiger partial charge in [-0.25, -0.2) is 13.4 Å². The molecule has 3 rings (SSSR count). The number of halogens is 1. The highest BCUT2D eigenvalue weighted by Gasteiger charge is 2.25. The molecule has 0 aliphatic carbocycles. The third-order valence-corrected chi connectivity index (χ3v) is 5.38. The third-order valence-electron chi connectivity index (χ3n) is 3.50. The number of para-hydroxylation sites is 2. The number of hydrogen-bond donors (Lipinski definition) is 1. The molecule has 1 N–H and O–H groups in total. The Morgan fingerprint density at radius 3 is 2.18 bits per heavy atom. The molecule has 2 aromatic carbocycles. The number of rotatable bonds is 2. The van der Waals surface area contributed by atoms with Gasteiger partial charge in [-0.2, -0.15) is 0 Å². The molecule has 6 heteroatoms. The Kier molecular flexibility index (Phi) is 4.31. The van der Waals surface area contributed by atoms with Crippen molar-refractivity contribution in [2.75, 3.05) is 0 Å². The van der Waals surface area contributed by atoms with E-state index in [1.54, 1.807) is 6.07 Å². The van der Waals surface area contributed by atoms with Crippen molar-refractivity contribution in [2.24, 2.45) is 0 Å². The van der Waals surface area contributed by atoms with Crippen molar-refractivity contribution in [1.29, 1.82) is 0 Å². The number of fused-ring (bicyclic) bond motifs is 1. The molecule has 1 aromatic heterocycles. The zero-order valence-electron chi connectivity index (χ0n) is 12.5. The molecular formula is C16H16ClN2O2S-. The Hall–Kier alpha value is -1.85. The molecule has 116 valence electrons. The van der Waals surface area contributed by atoms with Crippen LogP contribution in [-0.2, 0) is 9.84 Å². The highest BCUT2D eigenvalue weighted by Crippen LogP contribution is 2.27. The fourth-order valence-electron chi connectivity index (χ4n) is 2.74. The molecule has 0 unspecified atom stereocenters. The number of aromatic nitrogens is 2. The topological polar surface area (TPSA) is 62.8 Å². The van der Waals surface area contributed by atoms with Gasteiger partial charge in [0.25, 0.3) is 0 Å². The Bertz CT molecular complexity index is 890. The summed E-state index contributed by atoms with van der Waals surface area (Å²) in [6, 6.07) is 11.0. The summed E-state index contributed by atoms with van der Waals surface area (Å²) in [6.45, 7) is 5.59. The molecule has 3 aromatic rings. The summed E-state index contributed by atoms with van der Waals surface area (Å²) >= 11 is 0. The second-order valence-corrected chi connectivity index (χ2v) is 7.09. The zero-order valence-corrected chi connectivity index (χ0v) is 14.1. The standard InChI is InChI=1S/C16H16N2O2S.ClH/c1-10-8-11(2)15(12(3)9-10)21(19,20)16-17-13-6-4-5-7-14(13)18-16;/h4-9H,1-3H3,(H,17,18);1H/p-1. The van der Waals surface area contributed by atoms with E-state index in [-0.39, 0.29) is 17.6 Å². The van der Waals surface area contributed by atoms with Crippen molar-refractivity contribution < 1.29 is 20.8 Å². The number of nitrogens with zero attached hydrogens (tertiary/aromatic N) is 1. The fraction of sp³-hybridized carbons (Fsp3) is 0.188. The van der Waals surface area contributed by atoms with Crippen molar-refractivity contribution in [3.8, 4) is 0 Å². The number of hydrogen-bond acceptors (Lipinski definition) is 3. The van der Waals surface area contributed by atoms with Gasteiger partial charge < -0.3 is 17.4 Å². The summed E-state index contributed by atoms with van der Waals surface area (Å²) in [4.78, 5) is 7.47. The average molecular weight is 336 g/mol. The summed E-state index contributed by atoms with van der Waals surface area (Å²) in [5.41, 5.74) is 3.91. The number of benzene rings is 2. The van der Waals surface area contributed by atoms with Crippen LogP contribution in [0.1, 0.15) is 16.7 Å². The summed E-state index contributed by atoms with van der Waals surface area (Å²) in [5, 5.41) is -0.00115. The van der Waals surface area contributed by atoms with Crippen LogP contribution < -0.4 is 12.4 Å². The minimum atomic E-state index is -3.65. The van der Waals surface area contributed by atoms with Gasteiger partial charge >= 0.3 is 0 Å². The number of H-pyrrole nitrogens is 1. The summed E-state index contributed by atoms with van der Waals surface area (Å²) in [5.74, 6) is 0. The number of imidazole rings is 1. The second-order valence-electron chi connectivity index (χ2n) is 5.29. The maximum atomic E-state index is 12.9. The smallest absolute Gasteiger partial charge is 0.240 e. The molecular weight excluding hydrogens is 320 g/mol. The lowest BCUT2D eigenvalue weighted by Crippen LogP contribution is -3.00. The predicted molar refractivity (Wildman–Crippen MR) is 82.2 cm³/mol. The Morgan fingerprint density at radius 1 is 1.00 bits per heavy atom. The summed E-state index contributed by atoms with van der Waals surface area (Å²) in [7, 11) is -3.65. The predicted octanol–water partition coefficient (Wildman–Crippen LogP) is 0.325. The summed E-state index contributed by atoms with van der Waals surface area (Å²) < 4.78 is 25.7. The van der Waals surface area contributed by atoms with Gasteiger partial charge in [-0.05, 0) is 44.0 Å². The SMILES string of the molecule is Cc1cc(C)c(S(=O)(=O)c2nc3ccccc3[nH]2)c(C)c1.[Cl-]. The summed E-state index contributed by atoms with van der Waals surface area (Å²) in [6.07, 6.45) is 0. The molecule has 0 bridgehead atoms. The third kappa shape index (κ3) is 2.62. The van der Waals surface area contributed by atoms with Crippen molar-refractivity contribution in [3.05, 3.63) is 53.1 Å². The number of aryl methyl sites for hydroxylation is 3. The van der Waals surface area contributed by atoms with Gasteiger partial charge in [0.05, 0.1) is 15.9 Å². The van der Waals surface area contributed by atoms with E-state index in [0.29, 0.717) is 10.4 Å². The molecule has 0 radical (unpaired) electrons. The van der Waals surface area contributed by atoms with Crippen LogP contribution in [0.5, 0.6) is 0 Å². The van der Waals surface area contributed by atoms with Crippen molar-refractivity contribution >= 4 is 20.9 Å². The van der Waals surface area contributed by atoms with Crippen LogP contribution in [0.25, 0.3) is 11.0 Å². The van der Waals surface area contributed by atoms with Crippen LogP contribution in [-0.4, -0.2) is 18.4 Å². The van der Waals surface area contributed by atoms with Crippen LogP contribution in [0.15, 0.2) is 46.5 Å². The first kappa shape index (κ1) is 16.5. The molecule has 0 saturated heterocycles. The monoisotopic (exact) mass is 335 g/mol. The lowest BCUT2D eigenvalue weighted by atomic mass is 10.1. The minimum Gasteiger partial charge on any atom is -1.00 e. The van der Waals surface area contributed by atoms with Crippen LogP contribution >= 0.6 is 0 Å². The van der Waals surface area contributed by atoms with Crippen LogP contribution in [0.2, 0.25) is 0 Å². The van der Waals surface area contributed by atoms with Crippen molar-refractivity contribution in [3.63, 3.8) is 0 Å². The molecule has 4 nitrogen and oxygen atoms in total. The van der Waals surface area contributed by atoms with Gasteiger partial charge in [-0.15, -0.1) is 0 Å². The first-order valence-corrected chi connectivity index (χ1v) is 8.15. The van der Waals surface area contributed by atoms with E-state index in [1.165, 1.54) is 0 Å². The van der Waals surface area contributed by atoms with E-state index >= 15 is 0 Å². The lowest BCUT2D eigenvalue weighted by molar-refractivity contribution is -0.00000699. The molecule has 0 amide bonds. The zero-order chi connectivity index (χ0) is 15.2. The van der Waals surface area contributed by atoms with Gasteiger partial charge in [0, 0.05) is 0 Å². The van der Waals surface area contributed by atoms with Crippen LogP contribution in [0.3, 0.4) is 0 Å². The molecule has 0 aliphatic rings. The molecule has 0 aliphatic heterocycles. The van der Waals surface area contributed by atoms with Gasteiger partial charge in [0.15, 0.2) is 0 Å². The lowest BCUT2D eigenvalue weighted by Gasteiger charge is -2.10. The van der Waals surface area contributed by atoms with Gasteiger partial charge in [0.1, 0.15) is 0 Å². The molecule has 1 heterocycles. The quantitative estimate of drug-likeness (QED) is 0.734.